The molecular weight excluding hydrogens is 262 g/mol. The number of aliphatic hydroxyl groups is 2. The molecule has 0 aliphatic heterocycles. The van der Waals surface area contributed by atoms with Crippen molar-refractivity contribution in [3.8, 4) is 10.6 Å². The van der Waals surface area contributed by atoms with Gasteiger partial charge in [0.2, 0.25) is 0 Å². The molecule has 0 saturated carbocycles. The molecule has 0 aliphatic rings. The number of nitrogens with two attached hydrogens (primary N) is 1. The largest absolute Gasteiger partial charge is 0.398 e. The van der Waals surface area contributed by atoms with Gasteiger partial charge in [0.05, 0.1) is 13.2 Å². The minimum absolute atomic E-state index is 0.0387. The normalized spacial score (nSPS) is 10.6. The second kappa shape index (κ2) is 6.51. The Labute approximate surface area is 115 Å². The zero-order valence-electron chi connectivity index (χ0n) is 10.5. The Kier molecular flexibility index (Phi) is 4.73. The average Bonchev–Trinajstić information content (AvgIpc) is 2.93. The summed E-state index contributed by atoms with van der Waals surface area (Å²) in [5.74, 6) is 0. The highest BCUT2D eigenvalue weighted by Gasteiger charge is 2.10. The number of thiazole rings is 1. The van der Waals surface area contributed by atoms with Gasteiger partial charge in [-0.25, -0.2) is 4.98 Å². The second-order valence-corrected chi connectivity index (χ2v) is 4.94. The van der Waals surface area contributed by atoms with Gasteiger partial charge >= 0.3 is 0 Å². The highest BCUT2D eigenvalue weighted by molar-refractivity contribution is 7.13. The van der Waals surface area contributed by atoms with Crippen molar-refractivity contribution in [2.24, 2.45) is 0 Å². The van der Waals surface area contributed by atoms with Crippen molar-refractivity contribution in [2.45, 2.75) is 0 Å². The summed E-state index contributed by atoms with van der Waals surface area (Å²) < 4.78 is 0. The lowest BCUT2D eigenvalue weighted by molar-refractivity contribution is 0.281. The van der Waals surface area contributed by atoms with E-state index in [-0.39, 0.29) is 13.2 Å². The molecule has 0 fully saturated rings. The molecule has 0 amide bonds. The number of benzene rings is 1. The summed E-state index contributed by atoms with van der Waals surface area (Å²) in [6.45, 7) is 1.03. The molecule has 102 valence electrons. The van der Waals surface area contributed by atoms with Gasteiger partial charge in [-0.1, -0.05) is 0 Å². The van der Waals surface area contributed by atoms with E-state index in [0.29, 0.717) is 18.8 Å². The Bertz CT molecular complexity index is 511. The maximum Gasteiger partial charge on any atom is 0.125 e. The molecule has 19 heavy (non-hydrogen) atoms. The molecule has 0 aliphatic carbocycles. The quantitative estimate of drug-likeness (QED) is 0.692. The molecule has 0 spiro atoms. The molecule has 0 atom stereocenters. The molecule has 1 aromatic heterocycles. The number of nitrogens with zero attached hydrogens (tertiary/aromatic N) is 2. The minimum Gasteiger partial charge on any atom is -0.398 e. The number of anilines is 2. The van der Waals surface area contributed by atoms with E-state index in [4.69, 9.17) is 15.9 Å². The standard InChI is InChI=1S/C13H17N3O2S/c14-12-2-1-10(16(4-6-17)5-7-18)9-11(12)13-15-3-8-19-13/h1-3,8-9,17-18H,4-7,14H2. The molecule has 0 bridgehead atoms. The summed E-state index contributed by atoms with van der Waals surface area (Å²) in [5.41, 5.74) is 8.45. The molecule has 5 nitrogen and oxygen atoms in total. The van der Waals surface area contributed by atoms with Crippen LogP contribution in [0.2, 0.25) is 0 Å². The van der Waals surface area contributed by atoms with Gasteiger partial charge in [0.15, 0.2) is 0 Å². The van der Waals surface area contributed by atoms with E-state index in [9.17, 15) is 0 Å². The summed E-state index contributed by atoms with van der Waals surface area (Å²) in [6, 6.07) is 5.66. The van der Waals surface area contributed by atoms with E-state index in [1.54, 1.807) is 6.20 Å². The number of aromatic nitrogens is 1. The van der Waals surface area contributed by atoms with Crippen LogP contribution in [0.3, 0.4) is 0 Å². The third kappa shape index (κ3) is 3.23. The number of hydrogen-bond acceptors (Lipinski definition) is 6. The fourth-order valence-corrected chi connectivity index (χ4v) is 2.57. The van der Waals surface area contributed by atoms with Gasteiger partial charge in [0.25, 0.3) is 0 Å². The van der Waals surface area contributed by atoms with Crippen molar-refractivity contribution in [3.63, 3.8) is 0 Å². The van der Waals surface area contributed by atoms with Crippen molar-refractivity contribution in [2.75, 3.05) is 36.9 Å². The van der Waals surface area contributed by atoms with Gasteiger partial charge in [-0.05, 0) is 18.2 Å². The first kappa shape index (κ1) is 13.8. The zero-order chi connectivity index (χ0) is 13.7. The van der Waals surface area contributed by atoms with Crippen LogP contribution < -0.4 is 10.6 Å². The van der Waals surface area contributed by atoms with Crippen LogP contribution in [0.15, 0.2) is 29.8 Å². The Hall–Kier alpha value is -1.63. The van der Waals surface area contributed by atoms with E-state index in [0.717, 1.165) is 16.3 Å². The van der Waals surface area contributed by atoms with Crippen molar-refractivity contribution in [3.05, 3.63) is 29.8 Å². The lowest BCUT2D eigenvalue weighted by Crippen LogP contribution is -2.29. The molecule has 0 saturated heterocycles. The van der Waals surface area contributed by atoms with Gasteiger partial charge in [0.1, 0.15) is 5.01 Å². The molecule has 2 aromatic rings. The van der Waals surface area contributed by atoms with Gasteiger partial charge in [-0.3, -0.25) is 0 Å². The van der Waals surface area contributed by atoms with E-state index in [2.05, 4.69) is 4.98 Å². The molecule has 1 aromatic carbocycles. The smallest absolute Gasteiger partial charge is 0.125 e. The molecular formula is C13H17N3O2S. The number of aliphatic hydroxyl groups excluding tert-OH is 2. The van der Waals surface area contributed by atoms with Crippen LogP contribution in [0.1, 0.15) is 0 Å². The number of nitrogen functional groups attached to an aromatic ring is 1. The van der Waals surface area contributed by atoms with Crippen molar-refractivity contribution >= 4 is 22.7 Å². The summed E-state index contributed by atoms with van der Waals surface area (Å²) >= 11 is 1.53. The first-order valence-corrected chi connectivity index (χ1v) is 6.90. The van der Waals surface area contributed by atoms with E-state index in [1.165, 1.54) is 11.3 Å². The zero-order valence-corrected chi connectivity index (χ0v) is 11.3. The predicted octanol–water partition coefficient (Wildman–Crippen LogP) is 1.18. The fraction of sp³-hybridized carbons (Fsp3) is 0.308. The summed E-state index contributed by atoms with van der Waals surface area (Å²) in [4.78, 5) is 6.17. The van der Waals surface area contributed by atoms with E-state index < -0.39 is 0 Å². The van der Waals surface area contributed by atoms with Crippen LogP contribution in [-0.2, 0) is 0 Å². The highest BCUT2D eigenvalue weighted by Crippen LogP contribution is 2.31. The molecule has 0 radical (unpaired) electrons. The molecule has 0 unspecified atom stereocenters. The van der Waals surface area contributed by atoms with Crippen molar-refractivity contribution in [1.82, 2.24) is 4.98 Å². The minimum atomic E-state index is 0.0387. The monoisotopic (exact) mass is 279 g/mol. The average molecular weight is 279 g/mol. The Morgan fingerprint density at radius 1 is 1.21 bits per heavy atom. The van der Waals surface area contributed by atoms with Gasteiger partial charge in [-0.15, -0.1) is 11.3 Å². The topological polar surface area (TPSA) is 82.6 Å². The summed E-state index contributed by atoms with van der Waals surface area (Å²) in [5, 5.41) is 20.9. The number of rotatable bonds is 6. The lowest BCUT2D eigenvalue weighted by atomic mass is 10.1. The maximum absolute atomic E-state index is 9.07. The fourth-order valence-electron chi connectivity index (χ4n) is 1.89. The number of hydrogen-bond donors (Lipinski definition) is 3. The first-order chi connectivity index (χ1) is 9.26. The van der Waals surface area contributed by atoms with E-state index in [1.807, 2.05) is 28.5 Å². The lowest BCUT2D eigenvalue weighted by Gasteiger charge is -2.23. The predicted molar refractivity (Wildman–Crippen MR) is 78.3 cm³/mol. The Morgan fingerprint density at radius 3 is 2.53 bits per heavy atom. The van der Waals surface area contributed by atoms with Crippen molar-refractivity contribution < 1.29 is 10.2 Å². The summed E-state index contributed by atoms with van der Waals surface area (Å²) in [7, 11) is 0. The van der Waals surface area contributed by atoms with Crippen LogP contribution in [0.25, 0.3) is 10.6 Å². The molecule has 1 heterocycles. The second-order valence-electron chi connectivity index (χ2n) is 4.04. The van der Waals surface area contributed by atoms with Gasteiger partial charge < -0.3 is 20.8 Å². The Morgan fingerprint density at radius 2 is 1.95 bits per heavy atom. The van der Waals surface area contributed by atoms with Crippen LogP contribution >= 0.6 is 11.3 Å². The first-order valence-electron chi connectivity index (χ1n) is 6.02. The summed E-state index contributed by atoms with van der Waals surface area (Å²) in [6.07, 6.45) is 1.74. The molecule has 2 rings (SSSR count). The van der Waals surface area contributed by atoms with Crippen LogP contribution in [-0.4, -0.2) is 41.5 Å². The Balaban J connectivity index is 2.34. The van der Waals surface area contributed by atoms with Crippen LogP contribution in [0, 0.1) is 0 Å². The van der Waals surface area contributed by atoms with Crippen molar-refractivity contribution in [1.29, 1.82) is 0 Å². The maximum atomic E-state index is 9.07. The van der Waals surface area contributed by atoms with E-state index >= 15 is 0 Å². The van der Waals surface area contributed by atoms with Crippen LogP contribution in [0.4, 0.5) is 11.4 Å². The third-order valence-corrected chi connectivity index (χ3v) is 3.61. The van der Waals surface area contributed by atoms with Crippen LogP contribution in [0.5, 0.6) is 0 Å². The third-order valence-electron chi connectivity index (χ3n) is 2.80. The van der Waals surface area contributed by atoms with Gasteiger partial charge in [-0.2, -0.15) is 0 Å². The SMILES string of the molecule is Nc1ccc(N(CCO)CCO)cc1-c1nccs1. The van der Waals surface area contributed by atoms with Gasteiger partial charge in [0, 0.05) is 41.6 Å². The molecule has 4 N–H and O–H groups in total. The highest BCUT2D eigenvalue weighted by atomic mass is 32.1. The molecule has 6 heteroatoms.